The maximum Gasteiger partial charge on any atom is 0.416 e. The lowest BCUT2D eigenvalue weighted by atomic mass is 9.90. The van der Waals surface area contributed by atoms with Crippen molar-refractivity contribution in [2.75, 3.05) is 6.61 Å². The third-order valence-electron chi connectivity index (χ3n) is 3.57. The average molecular weight is 342 g/mol. The summed E-state index contributed by atoms with van der Waals surface area (Å²) in [7, 11) is 0. The molecule has 1 N–H and O–H groups in total. The van der Waals surface area contributed by atoms with Crippen LogP contribution >= 0.6 is 0 Å². The van der Waals surface area contributed by atoms with Crippen LogP contribution in [0.5, 0.6) is 0 Å². The Morgan fingerprint density at radius 3 is 2.21 bits per heavy atom. The minimum atomic E-state index is -4.50. The highest BCUT2D eigenvalue weighted by Crippen LogP contribution is 2.29. The Kier molecular flexibility index (Phi) is 5.96. The van der Waals surface area contributed by atoms with Gasteiger partial charge in [0, 0.05) is 0 Å². The molecule has 0 aliphatic heterocycles. The van der Waals surface area contributed by atoms with Crippen molar-refractivity contribution in [1.29, 1.82) is 5.26 Å². The molecule has 0 aromatic heterocycles. The van der Waals surface area contributed by atoms with Crippen LogP contribution in [0.3, 0.4) is 0 Å². The molecule has 0 fully saturated rings. The van der Waals surface area contributed by atoms with Gasteiger partial charge in [0.05, 0.1) is 17.2 Å². The van der Waals surface area contributed by atoms with Crippen LogP contribution in [0.15, 0.2) is 24.3 Å². The first-order valence-electron chi connectivity index (χ1n) is 7.06. The topological polar surface area (TPSA) is 79.2 Å². The third kappa shape index (κ3) is 4.98. The lowest BCUT2D eigenvalue weighted by molar-refractivity contribution is -0.137. The summed E-state index contributed by atoms with van der Waals surface area (Å²) in [6.45, 7) is 4.40. The van der Waals surface area contributed by atoms with E-state index in [0.717, 1.165) is 24.3 Å². The third-order valence-corrected chi connectivity index (χ3v) is 3.57. The van der Waals surface area contributed by atoms with E-state index in [1.807, 2.05) is 6.07 Å². The molecule has 24 heavy (non-hydrogen) atoms. The first-order valence-corrected chi connectivity index (χ1v) is 7.06. The smallest absolute Gasteiger partial charge is 0.416 e. The van der Waals surface area contributed by atoms with Gasteiger partial charge in [-0.15, -0.1) is 0 Å². The van der Waals surface area contributed by atoms with Crippen molar-refractivity contribution in [3.8, 4) is 6.07 Å². The molecular formula is C16H17F3N2O3. The van der Waals surface area contributed by atoms with Gasteiger partial charge in [0.2, 0.25) is 0 Å². The molecule has 0 saturated carbocycles. The maximum atomic E-state index is 12.4. The van der Waals surface area contributed by atoms with E-state index in [-0.39, 0.29) is 11.5 Å². The Balaban J connectivity index is 2.63. The van der Waals surface area contributed by atoms with E-state index < -0.39 is 35.8 Å². The minimum absolute atomic E-state index is 0.109. The Morgan fingerprint density at radius 2 is 1.79 bits per heavy atom. The number of alkyl halides is 3. The predicted molar refractivity (Wildman–Crippen MR) is 78.7 cm³/mol. The Hall–Kier alpha value is -2.56. The summed E-state index contributed by atoms with van der Waals surface area (Å²) in [5, 5.41) is 11.5. The maximum absolute atomic E-state index is 12.4. The van der Waals surface area contributed by atoms with Gasteiger partial charge in [-0.05, 0) is 37.1 Å². The van der Waals surface area contributed by atoms with E-state index in [1.54, 1.807) is 13.8 Å². The zero-order chi connectivity index (χ0) is 18.5. The molecule has 0 bridgehead atoms. The molecule has 1 rings (SSSR count). The number of nitrogens with zero attached hydrogens (tertiary/aromatic N) is 1. The number of carbonyl (C=O) groups is 2. The standard InChI is InChI=1S/C16H17F3N2O3/c1-10(2)15(3,9-20)21-13(22)8-24-14(23)11-4-6-12(7-5-11)16(17,18)19/h4-7,10H,8H2,1-3H3,(H,21,22)/t15-/m1/s1. The molecule has 0 aliphatic rings. The first kappa shape index (κ1) is 19.5. The number of hydrogen-bond donors (Lipinski definition) is 1. The highest BCUT2D eigenvalue weighted by atomic mass is 19.4. The Labute approximate surface area is 137 Å². The van der Waals surface area contributed by atoms with Gasteiger partial charge in [-0.1, -0.05) is 13.8 Å². The highest BCUT2D eigenvalue weighted by molar-refractivity contribution is 5.91. The van der Waals surface area contributed by atoms with Gasteiger partial charge in [0.15, 0.2) is 6.61 Å². The average Bonchev–Trinajstić information content (AvgIpc) is 2.51. The summed E-state index contributed by atoms with van der Waals surface area (Å²) in [5.41, 5.74) is -2.11. The van der Waals surface area contributed by atoms with Gasteiger partial charge in [-0.3, -0.25) is 4.79 Å². The van der Waals surface area contributed by atoms with E-state index in [0.29, 0.717) is 0 Å². The van der Waals surface area contributed by atoms with Crippen LogP contribution in [-0.4, -0.2) is 24.0 Å². The summed E-state index contributed by atoms with van der Waals surface area (Å²) < 4.78 is 42.1. The van der Waals surface area contributed by atoms with Crippen LogP contribution in [-0.2, 0) is 15.7 Å². The van der Waals surface area contributed by atoms with Crippen LogP contribution in [0.2, 0.25) is 0 Å². The van der Waals surface area contributed by atoms with Gasteiger partial charge >= 0.3 is 12.1 Å². The fraction of sp³-hybridized carbons (Fsp3) is 0.438. The van der Waals surface area contributed by atoms with Gasteiger partial charge in [0.25, 0.3) is 5.91 Å². The van der Waals surface area contributed by atoms with Crippen LogP contribution in [0, 0.1) is 17.2 Å². The van der Waals surface area contributed by atoms with Crippen LogP contribution < -0.4 is 5.32 Å². The zero-order valence-corrected chi connectivity index (χ0v) is 13.4. The molecule has 1 aromatic carbocycles. The lowest BCUT2D eigenvalue weighted by Gasteiger charge is -2.27. The molecule has 0 aliphatic carbocycles. The summed E-state index contributed by atoms with van der Waals surface area (Å²) in [5.74, 6) is -1.77. The SMILES string of the molecule is CC(C)[C@@](C)(C#N)NC(=O)COC(=O)c1ccc(C(F)(F)F)cc1. The van der Waals surface area contributed by atoms with E-state index in [2.05, 4.69) is 5.32 Å². The Morgan fingerprint density at radius 1 is 1.25 bits per heavy atom. The second kappa shape index (κ2) is 7.34. The fourth-order valence-corrected chi connectivity index (χ4v) is 1.64. The molecule has 1 amide bonds. The fourth-order valence-electron chi connectivity index (χ4n) is 1.64. The van der Waals surface area contributed by atoms with Crippen molar-refractivity contribution >= 4 is 11.9 Å². The molecule has 5 nitrogen and oxygen atoms in total. The minimum Gasteiger partial charge on any atom is -0.452 e. The van der Waals surface area contributed by atoms with Crippen LogP contribution in [0.25, 0.3) is 0 Å². The normalized spacial score (nSPS) is 13.8. The van der Waals surface area contributed by atoms with E-state index in [9.17, 15) is 22.8 Å². The summed E-state index contributed by atoms with van der Waals surface area (Å²) in [4.78, 5) is 23.5. The Bertz CT molecular complexity index is 648. The van der Waals surface area contributed by atoms with Crippen molar-refractivity contribution in [1.82, 2.24) is 5.32 Å². The number of esters is 1. The van der Waals surface area contributed by atoms with E-state index in [1.165, 1.54) is 6.92 Å². The van der Waals surface area contributed by atoms with Gasteiger partial charge in [-0.25, -0.2) is 4.79 Å². The van der Waals surface area contributed by atoms with Crippen LogP contribution in [0.1, 0.15) is 36.7 Å². The molecule has 0 unspecified atom stereocenters. The van der Waals surface area contributed by atoms with Crippen molar-refractivity contribution < 1.29 is 27.5 Å². The number of amides is 1. The molecule has 8 heteroatoms. The summed E-state index contributed by atoms with van der Waals surface area (Å²) in [6, 6.07) is 5.41. The molecule has 0 saturated heterocycles. The molecule has 0 spiro atoms. The van der Waals surface area contributed by atoms with Gasteiger partial charge in [-0.2, -0.15) is 18.4 Å². The summed E-state index contributed by atoms with van der Waals surface area (Å²) in [6.07, 6.45) is -4.50. The summed E-state index contributed by atoms with van der Waals surface area (Å²) >= 11 is 0. The quantitative estimate of drug-likeness (QED) is 0.835. The molecule has 1 atom stereocenters. The number of ether oxygens (including phenoxy) is 1. The molecule has 1 aromatic rings. The second-order valence-corrected chi connectivity index (χ2v) is 5.67. The molecule has 130 valence electrons. The highest BCUT2D eigenvalue weighted by Gasteiger charge is 2.31. The number of rotatable bonds is 5. The number of halogens is 3. The number of nitriles is 1. The van der Waals surface area contributed by atoms with Gasteiger partial charge in [0.1, 0.15) is 5.54 Å². The van der Waals surface area contributed by atoms with Crippen molar-refractivity contribution in [3.05, 3.63) is 35.4 Å². The lowest BCUT2D eigenvalue weighted by Crippen LogP contribution is -2.50. The molecule has 0 heterocycles. The second-order valence-electron chi connectivity index (χ2n) is 5.67. The van der Waals surface area contributed by atoms with Crippen molar-refractivity contribution in [2.45, 2.75) is 32.5 Å². The monoisotopic (exact) mass is 342 g/mol. The molecule has 0 radical (unpaired) electrons. The number of benzene rings is 1. The van der Waals surface area contributed by atoms with Gasteiger partial charge < -0.3 is 10.1 Å². The van der Waals surface area contributed by atoms with Crippen molar-refractivity contribution in [3.63, 3.8) is 0 Å². The number of nitrogens with one attached hydrogen (secondary N) is 1. The predicted octanol–water partition coefficient (Wildman–Crippen LogP) is 2.92. The number of hydrogen-bond acceptors (Lipinski definition) is 4. The molecular weight excluding hydrogens is 325 g/mol. The van der Waals surface area contributed by atoms with E-state index in [4.69, 9.17) is 10.00 Å². The first-order chi connectivity index (χ1) is 11.0. The largest absolute Gasteiger partial charge is 0.452 e. The van der Waals surface area contributed by atoms with Crippen LogP contribution in [0.4, 0.5) is 13.2 Å². The zero-order valence-electron chi connectivity index (χ0n) is 13.4. The number of carbonyl (C=O) groups excluding carboxylic acids is 2. The van der Waals surface area contributed by atoms with E-state index >= 15 is 0 Å². The van der Waals surface area contributed by atoms with Crippen molar-refractivity contribution in [2.24, 2.45) is 5.92 Å².